The van der Waals surface area contributed by atoms with Crippen molar-refractivity contribution in [2.45, 2.75) is 132 Å². The van der Waals surface area contributed by atoms with Crippen molar-refractivity contribution in [2.24, 2.45) is 39.7 Å². The summed E-state index contributed by atoms with van der Waals surface area (Å²) in [7, 11) is 0. The summed E-state index contributed by atoms with van der Waals surface area (Å²) in [5, 5.41) is 11.3. The second-order valence-corrected chi connectivity index (χ2v) is 17.2. The molecule has 0 aromatic carbocycles. The summed E-state index contributed by atoms with van der Waals surface area (Å²) in [6, 6.07) is -4.52. The molecule has 0 unspecified atom stereocenters. The summed E-state index contributed by atoms with van der Waals surface area (Å²) in [5.41, 5.74) is 3.23. The van der Waals surface area contributed by atoms with Crippen LogP contribution < -0.4 is 27.0 Å². The highest BCUT2D eigenvalue weighted by Crippen LogP contribution is 2.65. The van der Waals surface area contributed by atoms with Gasteiger partial charge in [-0.15, -0.1) is 0 Å². The zero-order valence-electron chi connectivity index (χ0n) is 29.1. The number of carbonyl (C=O) groups excluding carboxylic acids is 6. The minimum absolute atomic E-state index is 0.0648. The molecule has 0 bridgehead atoms. The van der Waals surface area contributed by atoms with Gasteiger partial charge in [-0.05, 0) is 61.2 Å². The van der Waals surface area contributed by atoms with Crippen molar-refractivity contribution in [3.8, 4) is 0 Å². The van der Waals surface area contributed by atoms with Gasteiger partial charge in [-0.2, -0.15) is 0 Å². The number of urea groups is 1. The number of primary amides is 1. The van der Waals surface area contributed by atoms with E-state index in [0.29, 0.717) is 13.0 Å². The first kappa shape index (κ1) is 36.3. The van der Waals surface area contributed by atoms with Crippen molar-refractivity contribution in [2.75, 3.05) is 6.54 Å². The largest absolute Gasteiger partial charge is 0.363 e. The van der Waals surface area contributed by atoms with Crippen LogP contribution in [0.1, 0.15) is 102 Å². The van der Waals surface area contributed by atoms with Gasteiger partial charge in [-0.3, -0.25) is 24.0 Å². The molecule has 0 radical (unpaired) electrons. The maximum Gasteiger partial charge on any atom is 0.316 e. The minimum atomic E-state index is -1.10. The minimum Gasteiger partial charge on any atom is -0.363 e. The number of nitrogens with one attached hydrogen (secondary N) is 4. The summed E-state index contributed by atoms with van der Waals surface area (Å²) < 4.78 is 0. The third-order valence-electron chi connectivity index (χ3n) is 9.72. The molecule has 6 amide bonds. The number of Topliss-reactive ketones (excluding diaryl/α,β-unsaturated/α-hetero) is 1. The lowest BCUT2D eigenvalue weighted by Gasteiger charge is -2.39. The number of ketones is 1. The maximum atomic E-state index is 14.3. The summed E-state index contributed by atoms with van der Waals surface area (Å²) in [5.74, 6) is -3.06. The fourth-order valence-electron chi connectivity index (χ4n) is 6.77. The van der Waals surface area contributed by atoms with Gasteiger partial charge in [-0.25, -0.2) is 4.79 Å². The highest BCUT2D eigenvalue weighted by molar-refractivity contribution is 6.37. The van der Waals surface area contributed by atoms with E-state index in [2.05, 4.69) is 21.3 Å². The number of piperidine rings is 1. The average Bonchev–Trinajstić information content (AvgIpc) is 3.17. The van der Waals surface area contributed by atoms with E-state index in [0.717, 1.165) is 19.3 Å². The van der Waals surface area contributed by atoms with Crippen LogP contribution in [0.5, 0.6) is 0 Å². The summed E-state index contributed by atoms with van der Waals surface area (Å²) in [6.45, 7) is 21.0. The Morgan fingerprint density at radius 1 is 0.844 bits per heavy atom. The van der Waals surface area contributed by atoms with Crippen molar-refractivity contribution in [3.05, 3.63) is 0 Å². The SMILES string of the molecule is CC(C)(C)NC(=O)[C@@H](NC(=O)N[C@H](C(=O)N1C[C@H]2[C@@H]([C@H]1C(=O)N[C@@H](CC1CCC1)C(=O)C(N)=O)C2(C)C)C(C)(C)C)C(C)(C)C. The van der Waals surface area contributed by atoms with Gasteiger partial charge in [0.25, 0.3) is 5.91 Å². The molecular weight excluding hydrogens is 576 g/mol. The van der Waals surface area contributed by atoms with E-state index in [1.807, 2.05) is 76.2 Å². The second kappa shape index (κ2) is 12.5. The average molecular weight is 633 g/mol. The van der Waals surface area contributed by atoms with Crippen molar-refractivity contribution < 1.29 is 28.8 Å². The molecule has 0 aromatic rings. The van der Waals surface area contributed by atoms with Crippen LogP contribution in [0.25, 0.3) is 0 Å². The number of rotatable bonds is 10. The van der Waals surface area contributed by atoms with Crippen LogP contribution in [-0.4, -0.2) is 76.6 Å². The third kappa shape index (κ3) is 8.35. The predicted octanol–water partition coefficient (Wildman–Crippen LogP) is 2.24. The van der Waals surface area contributed by atoms with E-state index < -0.39 is 70.1 Å². The molecule has 3 fully saturated rings. The highest BCUT2D eigenvalue weighted by Gasteiger charge is 2.70. The van der Waals surface area contributed by atoms with Gasteiger partial charge in [0.1, 0.15) is 18.1 Å². The molecule has 1 saturated heterocycles. The maximum absolute atomic E-state index is 14.3. The van der Waals surface area contributed by atoms with E-state index in [-0.39, 0.29) is 29.1 Å². The Morgan fingerprint density at radius 2 is 1.38 bits per heavy atom. The van der Waals surface area contributed by atoms with E-state index in [9.17, 15) is 28.8 Å². The topological polar surface area (TPSA) is 180 Å². The smallest absolute Gasteiger partial charge is 0.316 e. The second-order valence-electron chi connectivity index (χ2n) is 17.2. The fourth-order valence-corrected chi connectivity index (χ4v) is 6.77. The van der Waals surface area contributed by atoms with E-state index in [1.54, 1.807) is 0 Å². The molecule has 1 aliphatic heterocycles. The number of carbonyl (C=O) groups is 6. The van der Waals surface area contributed by atoms with Crippen molar-refractivity contribution >= 4 is 35.4 Å². The summed E-state index contributed by atoms with van der Waals surface area (Å²) in [4.78, 5) is 80.7. The first-order valence-electron chi connectivity index (χ1n) is 16.2. The zero-order valence-corrected chi connectivity index (χ0v) is 29.1. The Hall–Kier alpha value is -3.18. The van der Waals surface area contributed by atoms with Crippen molar-refractivity contribution in [3.63, 3.8) is 0 Å². The normalized spacial score (nSPS) is 24.7. The van der Waals surface area contributed by atoms with Gasteiger partial charge in [0.15, 0.2) is 0 Å². The molecule has 6 atom stereocenters. The lowest BCUT2D eigenvalue weighted by molar-refractivity contribution is -0.145. The first-order chi connectivity index (χ1) is 20.4. The lowest BCUT2D eigenvalue weighted by atomic mass is 9.80. The molecule has 0 aromatic heterocycles. The van der Waals surface area contributed by atoms with Crippen molar-refractivity contribution in [1.29, 1.82) is 0 Å². The summed E-state index contributed by atoms with van der Waals surface area (Å²) >= 11 is 0. The molecule has 12 heteroatoms. The molecule has 45 heavy (non-hydrogen) atoms. The van der Waals surface area contributed by atoms with Gasteiger partial charge in [0.2, 0.25) is 23.5 Å². The van der Waals surface area contributed by atoms with Crippen LogP contribution in [-0.2, 0) is 24.0 Å². The molecule has 1 heterocycles. The van der Waals surface area contributed by atoms with Gasteiger partial charge in [-0.1, -0.05) is 74.7 Å². The zero-order chi connectivity index (χ0) is 34.4. The first-order valence-corrected chi connectivity index (χ1v) is 16.2. The van der Waals surface area contributed by atoms with Crippen LogP contribution in [0, 0.1) is 34.0 Å². The number of nitrogens with zero attached hydrogens (tertiary/aromatic N) is 1. The number of nitrogens with two attached hydrogens (primary N) is 1. The quantitative estimate of drug-likeness (QED) is 0.230. The highest BCUT2D eigenvalue weighted by atomic mass is 16.2. The van der Waals surface area contributed by atoms with Gasteiger partial charge in [0, 0.05) is 12.1 Å². The Kier molecular flexibility index (Phi) is 10.1. The van der Waals surface area contributed by atoms with E-state index in [4.69, 9.17) is 5.73 Å². The fraction of sp³-hybridized carbons (Fsp3) is 0.818. The molecule has 0 spiro atoms. The van der Waals surface area contributed by atoms with Gasteiger partial charge < -0.3 is 31.9 Å². The van der Waals surface area contributed by atoms with Crippen LogP contribution in [0.2, 0.25) is 0 Å². The number of hydrogen-bond donors (Lipinski definition) is 5. The summed E-state index contributed by atoms with van der Waals surface area (Å²) in [6.07, 6.45) is 3.19. The molecule has 6 N–H and O–H groups in total. The monoisotopic (exact) mass is 632 g/mol. The van der Waals surface area contributed by atoms with Gasteiger partial charge >= 0.3 is 6.03 Å². The molecule has 2 aliphatic carbocycles. The Morgan fingerprint density at radius 3 is 1.82 bits per heavy atom. The Balaban J connectivity index is 1.84. The van der Waals surface area contributed by atoms with E-state index in [1.165, 1.54) is 4.90 Å². The molecule has 254 valence electrons. The third-order valence-corrected chi connectivity index (χ3v) is 9.72. The Labute approximate surface area is 268 Å². The molecule has 12 nitrogen and oxygen atoms in total. The molecule has 3 aliphatic rings. The number of fused-ring (bicyclic) bond motifs is 1. The molecule has 2 saturated carbocycles. The van der Waals surface area contributed by atoms with Crippen LogP contribution in [0.4, 0.5) is 4.79 Å². The van der Waals surface area contributed by atoms with Gasteiger partial charge in [0.05, 0.1) is 6.04 Å². The number of hydrogen-bond acceptors (Lipinski definition) is 6. The molecule has 3 rings (SSSR count). The standard InChI is InChI=1S/C33H56N6O6/c1-30(2,3)23(27(43)38-32(7,8)9)36-29(45)37-24(31(4,5)6)28(44)39-16-18-20(33(18,10)11)21(39)26(42)35-19(22(40)25(34)41)15-17-13-12-14-17/h17-21,23-24H,12-16H2,1-11H3,(H2,34,41)(H,35,42)(H,38,43)(H2,36,37,45)/t18-,19-,20-,21-,23+,24+/m0/s1. The Bertz CT molecular complexity index is 1210. The molecular formula is C33H56N6O6. The van der Waals surface area contributed by atoms with Crippen LogP contribution >= 0.6 is 0 Å². The van der Waals surface area contributed by atoms with Crippen LogP contribution in [0.3, 0.4) is 0 Å². The van der Waals surface area contributed by atoms with Crippen molar-refractivity contribution in [1.82, 2.24) is 26.2 Å². The predicted molar refractivity (Wildman–Crippen MR) is 170 cm³/mol. The lowest BCUT2D eigenvalue weighted by Crippen LogP contribution is -2.63. The number of likely N-dealkylation sites (tertiary alicyclic amines) is 1. The van der Waals surface area contributed by atoms with E-state index >= 15 is 0 Å². The number of amides is 6. The van der Waals surface area contributed by atoms with Crippen LogP contribution in [0.15, 0.2) is 0 Å².